The molecule has 0 bridgehead atoms. The van der Waals surface area contributed by atoms with Crippen molar-refractivity contribution in [1.29, 1.82) is 0 Å². The summed E-state index contributed by atoms with van der Waals surface area (Å²) >= 11 is 0. The van der Waals surface area contributed by atoms with Crippen LogP contribution in [0.5, 0.6) is 11.5 Å². The fraction of sp³-hybridized carbons (Fsp3) is 0.444. The molecule has 0 heterocycles. The number of hydrogen-bond acceptors (Lipinski definition) is 6. The van der Waals surface area contributed by atoms with Crippen LogP contribution in [0.2, 0.25) is 0 Å². The summed E-state index contributed by atoms with van der Waals surface area (Å²) < 4.78 is 11.2. The first-order chi connectivity index (χ1) is 17.2. The standard InChI is InChI=1S/C27H38N4O5/c1-7-20-12-10-11-13-22(20)29-26(33)18-31(6)27(34)19(4)30(5)17-25(32)28-21-14-15-23(35-8-2)24(16-21)36-9-3/h10-16,19H,7-9,17-18H2,1-6H3,(H,28,32)(H,29,33). The van der Waals surface area contributed by atoms with E-state index in [1.165, 1.54) is 4.90 Å². The molecular weight excluding hydrogens is 460 g/mol. The quantitative estimate of drug-likeness (QED) is 0.439. The lowest BCUT2D eigenvalue weighted by molar-refractivity contribution is -0.137. The van der Waals surface area contributed by atoms with E-state index in [2.05, 4.69) is 10.6 Å². The molecule has 0 radical (unpaired) electrons. The average molecular weight is 499 g/mol. The molecule has 9 heteroatoms. The van der Waals surface area contributed by atoms with E-state index in [1.54, 1.807) is 44.1 Å². The number of anilines is 2. The Hall–Kier alpha value is -3.59. The van der Waals surface area contributed by atoms with Gasteiger partial charge in [-0.25, -0.2) is 0 Å². The predicted molar refractivity (Wildman–Crippen MR) is 142 cm³/mol. The van der Waals surface area contributed by atoms with E-state index in [9.17, 15) is 14.4 Å². The molecule has 0 fully saturated rings. The van der Waals surface area contributed by atoms with E-state index in [4.69, 9.17) is 9.47 Å². The highest BCUT2D eigenvalue weighted by molar-refractivity contribution is 5.96. The third-order valence-electron chi connectivity index (χ3n) is 5.67. The number of nitrogens with zero attached hydrogens (tertiary/aromatic N) is 2. The van der Waals surface area contributed by atoms with E-state index in [-0.39, 0.29) is 30.8 Å². The van der Waals surface area contributed by atoms with Crippen molar-refractivity contribution in [2.75, 3.05) is 51.0 Å². The van der Waals surface area contributed by atoms with Crippen molar-refractivity contribution in [2.24, 2.45) is 0 Å². The van der Waals surface area contributed by atoms with Gasteiger partial charge in [-0.3, -0.25) is 19.3 Å². The van der Waals surface area contributed by atoms with Crippen molar-refractivity contribution in [3.05, 3.63) is 48.0 Å². The molecule has 0 saturated heterocycles. The Kier molecular flexibility index (Phi) is 11.2. The van der Waals surface area contributed by atoms with Crippen LogP contribution in [0.1, 0.15) is 33.3 Å². The number of benzene rings is 2. The number of likely N-dealkylation sites (N-methyl/N-ethyl adjacent to an activating group) is 2. The summed E-state index contributed by atoms with van der Waals surface area (Å²) in [6, 6.07) is 12.2. The SMILES string of the molecule is CCOc1ccc(NC(=O)CN(C)C(C)C(=O)N(C)CC(=O)Nc2ccccc2CC)cc1OCC. The first-order valence-corrected chi connectivity index (χ1v) is 12.2. The van der Waals surface area contributed by atoms with E-state index in [1.807, 2.05) is 45.0 Å². The van der Waals surface area contributed by atoms with E-state index >= 15 is 0 Å². The second kappa shape index (κ2) is 14.1. The van der Waals surface area contributed by atoms with E-state index in [0.717, 1.165) is 17.7 Å². The van der Waals surface area contributed by atoms with E-state index in [0.29, 0.717) is 30.4 Å². The van der Waals surface area contributed by atoms with Gasteiger partial charge in [0.15, 0.2) is 11.5 Å². The van der Waals surface area contributed by atoms with Crippen LogP contribution >= 0.6 is 0 Å². The minimum Gasteiger partial charge on any atom is -0.490 e. The lowest BCUT2D eigenvalue weighted by Crippen LogP contribution is -2.48. The monoisotopic (exact) mass is 498 g/mol. The summed E-state index contributed by atoms with van der Waals surface area (Å²) in [6.07, 6.45) is 0.790. The summed E-state index contributed by atoms with van der Waals surface area (Å²) in [5.41, 5.74) is 2.34. The van der Waals surface area contributed by atoms with Gasteiger partial charge in [0.1, 0.15) is 0 Å². The zero-order chi connectivity index (χ0) is 26.7. The summed E-state index contributed by atoms with van der Waals surface area (Å²) in [5.74, 6) is 0.346. The molecule has 0 aliphatic rings. The second-order valence-electron chi connectivity index (χ2n) is 8.42. The Balaban J connectivity index is 1.91. The number of para-hydroxylation sites is 1. The maximum atomic E-state index is 12.9. The van der Waals surface area contributed by atoms with Crippen molar-refractivity contribution in [1.82, 2.24) is 9.80 Å². The third kappa shape index (κ3) is 8.27. The van der Waals surface area contributed by atoms with Gasteiger partial charge in [-0.1, -0.05) is 25.1 Å². The molecule has 9 nitrogen and oxygen atoms in total. The molecule has 36 heavy (non-hydrogen) atoms. The second-order valence-corrected chi connectivity index (χ2v) is 8.42. The highest BCUT2D eigenvalue weighted by Gasteiger charge is 2.24. The van der Waals surface area contributed by atoms with Crippen molar-refractivity contribution in [2.45, 2.75) is 40.2 Å². The van der Waals surface area contributed by atoms with Crippen LogP contribution in [-0.4, -0.2) is 74.0 Å². The number of ether oxygens (including phenoxy) is 2. The number of hydrogen-bond donors (Lipinski definition) is 2. The van der Waals surface area contributed by atoms with Crippen molar-refractivity contribution in [3.63, 3.8) is 0 Å². The summed E-state index contributed by atoms with van der Waals surface area (Å²) in [4.78, 5) is 41.0. The number of nitrogens with one attached hydrogen (secondary N) is 2. The van der Waals surface area contributed by atoms with Gasteiger partial charge in [-0.15, -0.1) is 0 Å². The van der Waals surface area contributed by atoms with Crippen LogP contribution in [0.3, 0.4) is 0 Å². The van der Waals surface area contributed by atoms with Crippen LogP contribution in [0.15, 0.2) is 42.5 Å². The number of rotatable bonds is 13. The van der Waals surface area contributed by atoms with Gasteiger partial charge >= 0.3 is 0 Å². The Morgan fingerprint density at radius 1 is 0.861 bits per heavy atom. The lowest BCUT2D eigenvalue weighted by Gasteiger charge is -2.27. The van der Waals surface area contributed by atoms with Crippen molar-refractivity contribution >= 4 is 29.1 Å². The highest BCUT2D eigenvalue weighted by Crippen LogP contribution is 2.30. The number of carbonyl (C=O) groups excluding carboxylic acids is 3. The zero-order valence-electron chi connectivity index (χ0n) is 22.1. The molecular formula is C27H38N4O5. The maximum Gasteiger partial charge on any atom is 0.243 e. The predicted octanol–water partition coefficient (Wildman–Crippen LogP) is 3.40. The third-order valence-corrected chi connectivity index (χ3v) is 5.67. The van der Waals surface area contributed by atoms with Gasteiger partial charge in [-0.2, -0.15) is 0 Å². The molecule has 0 aromatic heterocycles. The normalized spacial score (nSPS) is 11.5. The smallest absolute Gasteiger partial charge is 0.243 e. The van der Waals surface area contributed by atoms with Crippen molar-refractivity contribution < 1.29 is 23.9 Å². The molecule has 1 unspecified atom stereocenters. The molecule has 2 N–H and O–H groups in total. The first kappa shape index (κ1) is 28.6. The molecule has 2 rings (SSSR count). The maximum absolute atomic E-state index is 12.9. The molecule has 196 valence electrons. The molecule has 1 atom stereocenters. The van der Waals surface area contributed by atoms with Gasteiger partial charge in [0, 0.05) is 24.5 Å². The minimum absolute atomic E-state index is 0.00595. The molecule has 0 aliphatic carbocycles. The fourth-order valence-electron chi connectivity index (χ4n) is 3.63. The molecule has 2 aromatic rings. The topological polar surface area (TPSA) is 100 Å². The van der Waals surface area contributed by atoms with Gasteiger partial charge in [-0.05, 0) is 58.0 Å². The molecule has 0 aliphatic heterocycles. The van der Waals surface area contributed by atoms with Gasteiger partial charge in [0.25, 0.3) is 0 Å². The number of amides is 3. The van der Waals surface area contributed by atoms with Crippen LogP contribution in [-0.2, 0) is 20.8 Å². The van der Waals surface area contributed by atoms with Crippen LogP contribution in [0.25, 0.3) is 0 Å². The van der Waals surface area contributed by atoms with Crippen LogP contribution < -0.4 is 20.1 Å². The first-order valence-electron chi connectivity index (χ1n) is 12.2. The lowest BCUT2D eigenvalue weighted by atomic mass is 10.1. The average Bonchev–Trinajstić information content (AvgIpc) is 2.85. The van der Waals surface area contributed by atoms with Gasteiger partial charge in [0.05, 0.1) is 32.3 Å². The Morgan fingerprint density at radius 3 is 2.17 bits per heavy atom. The van der Waals surface area contributed by atoms with Gasteiger partial charge < -0.3 is 25.0 Å². The Bertz CT molecular complexity index is 1040. The molecule has 3 amide bonds. The summed E-state index contributed by atoms with van der Waals surface area (Å²) in [5, 5.41) is 5.70. The van der Waals surface area contributed by atoms with Crippen molar-refractivity contribution in [3.8, 4) is 11.5 Å². The number of aryl methyl sites for hydroxylation is 1. The Morgan fingerprint density at radius 2 is 1.50 bits per heavy atom. The largest absolute Gasteiger partial charge is 0.490 e. The summed E-state index contributed by atoms with van der Waals surface area (Å²) in [6.45, 7) is 8.36. The van der Waals surface area contributed by atoms with Crippen LogP contribution in [0.4, 0.5) is 11.4 Å². The molecule has 0 spiro atoms. The highest BCUT2D eigenvalue weighted by atomic mass is 16.5. The fourth-order valence-corrected chi connectivity index (χ4v) is 3.63. The number of carbonyl (C=O) groups is 3. The zero-order valence-corrected chi connectivity index (χ0v) is 22.1. The van der Waals surface area contributed by atoms with Gasteiger partial charge in [0.2, 0.25) is 17.7 Å². The van der Waals surface area contributed by atoms with Crippen LogP contribution in [0, 0.1) is 0 Å². The summed E-state index contributed by atoms with van der Waals surface area (Å²) in [7, 11) is 3.27. The molecule has 2 aromatic carbocycles. The minimum atomic E-state index is -0.601. The molecule has 0 saturated carbocycles. The van der Waals surface area contributed by atoms with E-state index < -0.39 is 6.04 Å². The Labute approximate surface area is 213 Å².